The predicted molar refractivity (Wildman–Crippen MR) is 112 cm³/mol. The third-order valence-corrected chi connectivity index (χ3v) is 5.41. The van der Waals surface area contributed by atoms with Crippen molar-refractivity contribution in [1.82, 2.24) is 0 Å². The van der Waals surface area contributed by atoms with E-state index in [2.05, 4.69) is 10.6 Å². The lowest BCUT2D eigenvalue weighted by atomic mass is 10.2. The van der Waals surface area contributed by atoms with Crippen molar-refractivity contribution in [1.29, 1.82) is 0 Å². The lowest BCUT2D eigenvalue weighted by Gasteiger charge is -2.12. The molecule has 2 amide bonds. The summed E-state index contributed by atoms with van der Waals surface area (Å²) in [4.78, 5) is 24.2. The Morgan fingerprint density at radius 3 is 2.19 bits per heavy atom. The summed E-state index contributed by atoms with van der Waals surface area (Å²) in [5, 5.41) is 6.72. The van der Waals surface area contributed by atoms with Gasteiger partial charge in [0.1, 0.15) is 0 Å². The van der Waals surface area contributed by atoms with Crippen molar-refractivity contribution in [3.63, 3.8) is 0 Å². The SMILES string of the molecule is CC(CSC(=O)Nc1ccc(Cl)c(Cl)c1)C(=O)Nc1cc(Cl)cc(Cl)c1. The Bertz CT molecular complexity index is 812. The molecule has 138 valence electrons. The average Bonchev–Trinajstić information content (AvgIpc) is 2.55. The van der Waals surface area contributed by atoms with E-state index >= 15 is 0 Å². The maximum atomic E-state index is 12.2. The molecule has 0 heterocycles. The molecule has 0 spiro atoms. The minimum absolute atomic E-state index is 0.238. The quantitative estimate of drug-likeness (QED) is 0.523. The summed E-state index contributed by atoms with van der Waals surface area (Å²) < 4.78 is 0. The fourth-order valence-electron chi connectivity index (χ4n) is 1.90. The summed E-state index contributed by atoms with van der Waals surface area (Å²) in [6.07, 6.45) is 0. The van der Waals surface area contributed by atoms with Crippen LogP contribution in [0.1, 0.15) is 6.92 Å². The molecule has 0 aliphatic carbocycles. The highest BCUT2D eigenvalue weighted by atomic mass is 35.5. The van der Waals surface area contributed by atoms with Gasteiger partial charge in [0.2, 0.25) is 5.91 Å². The summed E-state index contributed by atoms with van der Waals surface area (Å²) in [5.74, 6) is -0.344. The van der Waals surface area contributed by atoms with Gasteiger partial charge < -0.3 is 10.6 Å². The molecule has 0 aliphatic rings. The zero-order chi connectivity index (χ0) is 19.3. The molecule has 9 heteroatoms. The second-order valence-electron chi connectivity index (χ2n) is 5.40. The molecule has 2 N–H and O–H groups in total. The Morgan fingerprint density at radius 2 is 1.58 bits per heavy atom. The van der Waals surface area contributed by atoms with Gasteiger partial charge in [-0.1, -0.05) is 65.1 Å². The number of carbonyl (C=O) groups is 2. The van der Waals surface area contributed by atoms with Gasteiger partial charge in [-0.25, -0.2) is 0 Å². The predicted octanol–water partition coefficient (Wildman–Crippen LogP) is 6.84. The van der Waals surface area contributed by atoms with Gasteiger partial charge in [-0.05, 0) is 36.4 Å². The molecule has 0 saturated heterocycles. The van der Waals surface area contributed by atoms with Crippen LogP contribution in [0.25, 0.3) is 0 Å². The van der Waals surface area contributed by atoms with Gasteiger partial charge in [0.25, 0.3) is 5.24 Å². The van der Waals surface area contributed by atoms with Crippen molar-refractivity contribution < 1.29 is 9.59 Å². The maximum absolute atomic E-state index is 12.2. The standard InChI is InChI=1S/C17H14Cl4N2O2S/c1-9(16(24)22-13-5-10(18)4-11(19)6-13)8-26-17(25)23-12-2-3-14(20)15(21)7-12/h2-7,9H,8H2,1H3,(H,22,24)(H,23,25). The number of halogens is 4. The lowest BCUT2D eigenvalue weighted by molar-refractivity contribution is -0.118. The van der Waals surface area contributed by atoms with Crippen molar-refractivity contribution in [2.24, 2.45) is 5.92 Å². The number of thioether (sulfide) groups is 1. The van der Waals surface area contributed by atoms with Gasteiger partial charge >= 0.3 is 0 Å². The zero-order valence-electron chi connectivity index (χ0n) is 13.5. The molecule has 0 bridgehead atoms. The molecule has 26 heavy (non-hydrogen) atoms. The van der Waals surface area contributed by atoms with Gasteiger partial charge in [0.05, 0.1) is 10.0 Å². The first-order chi connectivity index (χ1) is 12.2. The third kappa shape index (κ3) is 6.56. The first-order valence-corrected chi connectivity index (χ1v) is 9.90. The molecule has 1 atom stereocenters. The molecule has 2 aromatic carbocycles. The average molecular weight is 452 g/mol. The van der Waals surface area contributed by atoms with Crippen LogP contribution in [-0.2, 0) is 4.79 Å². The van der Waals surface area contributed by atoms with Crippen molar-refractivity contribution in [2.75, 3.05) is 16.4 Å². The van der Waals surface area contributed by atoms with E-state index in [9.17, 15) is 9.59 Å². The van der Waals surface area contributed by atoms with E-state index in [0.717, 1.165) is 11.8 Å². The van der Waals surface area contributed by atoms with Crippen LogP contribution in [0, 0.1) is 5.92 Å². The van der Waals surface area contributed by atoms with Crippen LogP contribution in [0.15, 0.2) is 36.4 Å². The van der Waals surface area contributed by atoms with E-state index in [0.29, 0.717) is 37.2 Å². The fourth-order valence-corrected chi connectivity index (χ4v) is 3.46. The van der Waals surface area contributed by atoms with E-state index in [1.807, 2.05) is 0 Å². The first kappa shape index (κ1) is 21.2. The molecule has 0 aromatic heterocycles. The number of amides is 2. The molecule has 0 saturated carbocycles. The van der Waals surface area contributed by atoms with Gasteiger partial charge in [0.15, 0.2) is 0 Å². The molecule has 0 fully saturated rings. The highest BCUT2D eigenvalue weighted by Crippen LogP contribution is 2.26. The first-order valence-electron chi connectivity index (χ1n) is 7.40. The molecule has 1 unspecified atom stereocenters. The molecule has 0 aliphatic heterocycles. The second kappa shape index (κ2) is 9.72. The molecular formula is C17H14Cl4N2O2S. The molecule has 2 aromatic rings. The van der Waals surface area contributed by atoms with E-state index in [1.165, 1.54) is 0 Å². The van der Waals surface area contributed by atoms with Crippen LogP contribution in [0.5, 0.6) is 0 Å². The summed E-state index contributed by atoms with van der Waals surface area (Å²) in [5.41, 5.74) is 1.03. The maximum Gasteiger partial charge on any atom is 0.283 e. The fraction of sp³-hybridized carbons (Fsp3) is 0.176. The Balaban J connectivity index is 1.84. The van der Waals surface area contributed by atoms with Crippen molar-refractivity contribution in [3.8, 4) is 0 Å². The number of anilines is 2. The van der Waals surface area contributed by atoms with Crippen LogP contribution in [-0.4, -0.2) is 16.9 Å². The number of benzene rings is 2. The normalized spacial score (nSPS) is 11.7. The van der Waals surface area contributed by atoms with Crippen LogP contribution < -0.4 is 10.6 Å². The van der Waals surface area contributed by atoms with E-state index < -0.39 is 5.92 Å². The summed E-state index contributed by atoms with van der Waals surface area (Å²) in [6, 6.07) is 9.57. The van der Waals surface area contributed by atoms with E-state index in [4.69, 9.17) is 46.4 Å². The highest BCUT2D eigenvalue weighted by Gasteiger charge is 2.16. The van der Waals surface area contributed by atoms with Gasteiger partial charge in [-0.15, -0.1) is 0 Å². The van der Waals surface area contributed by atoms with Crippen molar-refractivity contribution >= 4 is 80.7 Å². The molecule has 2 rings (SSSR count). The van der Waals surface area contributed by atoms with Crippen LogP contribution in [0.4, 0.5) is 16.2 Å². The zero-order valence-corrected chi connectivity index (χ0v) is 17.3. The monoisotopic (exact) mass is 450 g/mol. The van der Waals surface area contributed by atoms with Crippen LogP contribution in [0.3, 0.4) is 0 Å². The second-order valence-corrected chi connectivity index (χ2v) is 8.08. The third-order valence-electron chi connectivity index (χ3n) is 3.21. The van der Waals surface area contributed by atoms with E-state index in [-0.39, 0.29) is 11.1 Å². The largest absolute Gasteiger partial charge is 0.326 e. The number of rotatable bonds is 5. The van der Waals surface area contributed by atoms with Gasteiger partial charge in [-0.3, -0.25) is 9.59 Å². The number of carbonyl (C=O) groups excluding carboxylic acids is 2. The minimum Gasteiger partial charge on any atom is -0.326 e. The number of nitrogens with one attached hydrogen (secondary N) is 2. The van der Waals surface area contributed by atoms with Crippen molar-refractivity contribution in [2.45, 2.75) is 6.92 Å². The number of hydrogen-bond acceptors (Lipinski definition) is 3. The summed E-state index contributed by atoms with van der Waals surface area (Å²) in [6.45, 7) is 1.72. The van der Waals surface area contributed by atoms with Gasteiger partial charge in [-0.2, -0.15) is 0 Å². The van der Waals surface area contributed by atoms with Crippen molar-refractivity contribution in [3.05, 3.63) is 56.5 Å². The Kier molecular flexibility index (Phi) is 7.92. The van der Waals surface area contributed by atoms with Crippen LogP contribution >= 0.6 is 58.2 Å². The molecular weight excluding hydrogens is 438 g/mol. The Morgan fingerprint density at radius 1 is 0.923 bits per heavy atom. The Hall–Kier alpha value is -1.11. The minimum atomic E-state index is -0.405. The molecule has 0 radical (unpaired) electrons. The van der Waals surface area contributed by atoms with E-state index in [1.54, 1.807) is 43.3 Å². The topological polar surface area (TPSA) is 58.2 Å². The summed E-state index contributed by atoms with van der Waals surface area (Å²) >= 11 is 24.5. The molecule has 4 nitrogen and oxygen atoms in total. The lowest BCUT2D eigenvalue weighted by Crippen LogP contribution is -2.23. The van der Waals surface area contributed by atoms with Gasteiger partial charge in [0, 0.05) is 33.1 Å². The smallest absolute Gasteiger partial charge is 0.283 e. The van der Waals surface area contributed by atoms with Crippen LogP contribution in [0.2, 0.25) is 20.1 Å². The summed E-state index contributed by atoms with van der Waals surface area (Å²) in [7, 11) is 0. The highest BCUT2D eigenvalue weighted by molar-refractivity contribution is 8.13. The Labute approximate surface area is 175 Å². The number of hydrogen-bond donors (Lipinski definition) is 2.